The van der Waals surface area contributed by atoms with Crippen molar-refractivity contribution in [3.05, 3.63) is 101 Å². The number of piperidine rings is 2. The molecule has 0 bridgehead atoms. The number of nitrogens with zero attached hydrogens (tertiary/aromatic N) is 6. The summed E-state index contributed by atoms with van der Waals surface area (Å²) < 4.78 is 7.17. The number of aromatic nitrogens is 5. The topological polar surface area (TPSA) is 148 Å². The molecular weight excluding hydrogens is 644 g/mol. The monoisotopic (exact) mass is 688 g/mol. The summed E-state index contributed by atoms with van der Waals surface area (Å²) in [5, 5.41) is 13.7. The van der Waals surface area contributed by atoms with Crippen molar-refractivity contribution in [3.8, 4) is 11.3 Å². The van der Waals surface area contributed by atoms with Crippen molar-refractivity contribution in [2.75, 3.05) is 19.6 Å². The molecule has 264 valence electrons. The number of aryl methyl sites for hydroxylation is 1. The van der Waals surface area contributed by atoms with Gasteiger partial charge in [0.25, 0.3) is 11.7 Å². The van der Waals surface area contributed by atoms with Crippen LogP contribution in [-0.2, 0) is 28.0 Å². The maximum absolute atomic E-state index is 12.7. The molecule has 2 fully saturated rings. The van der Waals surface area contributed by atoms with Crippen LogP contribution in [0.4, 0.5) is 0 Å². The minimum atomic E-state index is -0.376. The number of carbonyl (C=O) groups is 3. The molecule has 5 aromatic rings. The van der Waals surface area contributed by atoms with E-state index in [1.165, 1.54) is 11.1 Å². The number of fused-ring (bicyclic) bond motifs is 1. The third-order valence-corrected chi connectivity index (χ3v) is 10.1. The zero-order chi connectivity index (χ0) is 35.7. The molecule has 7 rings (SSSR count). The number of hydrogen-bond donors (Lipinski definition) is 2. The van der Waals surface area contributed by atoms with E-state index in [1.54, 1.807) is 6.33 Å². The molecule has 3 amide bonds. The molecule has 12 nitrogen and oxygen atoms in total. The molecule has 0 spiro atoms. The minimum absolute atomic E-state index is 0.0294. The average Bonchev–Trinajstić information content (AvgIpc) is 3.79. The Morgan fingerprint density at radius 1 is 1.02 bits per heavy atom. The Labute approximate surface area is 297 Å². The maximum Gasteiger partial charge on any atom is 0.292 e. The van der Waals surface area contributed by atoms with Gasteiger partial charge in [-0.3, -0.25) is 19.7 Å². The molecule has 2 N–H and O–H groups in total. The van der Waals surface area contributed by atoms with Crippen molar-refractivity contribution in [1.82, 2.24) is 40.3 Å². The standard InChI is InChI=1S/C39H44N8O4/c1-24-19-29(9-10-30(24)21-40-37(50)35-44-38(51-45-35)39(2,3)4)34-32-20-25(22-47(32)42-23-41-34)13-16-46-17-14-27(15-18-46)26-5-7-28(8-6-26)31-11-12-33(48)43-36(31)49/h5-10,19-20,22-23,27,31H,11-18,21H2,1-4H3,(H,40,50)(H,43,48,49). The predicted molar refractivity (Wildman–Crippen MR) is 191 cm³/mol. The van der Waals surface area contributed by atoms with Gasteiger partial charge in [0.15, 0.2) is 0 Å². The number of nitrogens with one attached hydrogen (secondary N) is 2. The molecule has 12 heteroatoms. The highest BCUT2D eigenvalue weighted by molar-refractivity contribution is 6.00. The van der Waals surface area contributed by atoms with Crippen LogP contribution >= 0.6 is 0 Å². The van der Waals surface area contributed by atoms with Gasteiger partial charge in [0.2, 0.25) is 17.7 Å². The summed E-state index contributed by atoms with van der Waals surface area (Å²) in [6, 6.07) is 16.8. The van der Waals surface area contributed by atoms with Gasteiger partial charge < -0.3 is 14.7 Å². The summed E-state index contributed by atoms with van der Waals surface area (Å²) in [5.41, 5.74) is 8.02. The first-order valence-electron chi connectivity index (χ1n) is 17.7. The highest BCUT2D eigenvalue weighted by Crippen LogP contribution is 2.32. The summed E-state index contributed by atoms with van der Waals surface area (Å²) in [6.45, 7) is 11.3. The Morgan fingerprint density at radius 2 is 1.78 bits per heavy atom. The highest BCUT2D eigenvalue weighted by Gasteiger charge is 2.29. The summed E-state index contributed by atoms with van der Waals surface area (Å²) >= 11 is 0. The Morgan fingerprint density at radius 3 is 2.49 bits per heavy atom. The van der Waals surface area contributed by atoms with Gasteiger partial charge in [-0.2, -0.15) is 10.1 Å². The van der Waals surface area contributed by atoms with Crippen LogP contribution in [0.15, 0.2) is 65.6 Å². The van der Waals surface area contributed by atoms with Crippen LogP contribution in [0.3, 0.4) is 0 Å². The lowest BCUT2D eigenvalue weighted by Crippen LogP contribution is -2.39. The lowest BCUT2D eigenvalue weighted by Gasteiger charge is -2.32. The van der Waals surface area contributed by atoms with E-state index < -0.39 is 0 Å². The van der Waals surface area contributed by atoms with Crippen LogP contribution in [0.1, 0.15) is 103 Å². The van der Waals surface area contributed by atoms with Gasteiger partial charge >= 0.3 is 0 Å². The van der Waals surface area contributed by atoms with Crippen molar-refractivity contribution >= 4 is 23.2 Å². The lowest BCUT2D eigenvalue weighted by atomic mass is 9.86. The van der Waals surface area contributed by atoms with Gasteiger partial charge in [0.05, 0.1) is 17.1 Å². The van der Waals surface area contributed by atoms with Gasteiger partial charge in [-0.1, -0.05) is 62.3 Å². The number of amides is 3. The Kier molecular flexibility index (Phi) is 9.52. The molecule has 0 aliphatic carbocycles. The quantitative estimate of drug-likeness (QED) is 0.198. The fraction of sp³-hybridized carbons (Fsp3) is 0.410. The molecule has 2 saturated heterocycles. The maximum atomic E-state index is 12.7. The van der Waals surface area contributed by atoms with Crippen LogP contribution in [0.2, 0.25) is 0 Å². The van der Waals surface area contributed by atoms with Crippen molar-refractivity contribution in [3.63, 3.8) is 0 Å². The van der Waals surface area contributed by atoms with Crippen molar-refractivity contribution in [1.29, 1.82) is 0 Å². The van der Waals surface area contributed by atoms with Gasteiger partial charge in [0.1, 0.15) is 6.33 Å². The van der Waals surface area contributed by atoms with Crippen LogP contribution in [0, 0.1) is 6.92 Å². The summed E-state index contributed by atoms with van der Waals surface area (Å²) in [4.78, 5) is 47.9. The number of likely N-dealkylation sites (tertiary alicyclic amines) is 1. The summed E-state index contributed by atoms with van der Waals surface area (Å²) in [7, 11) is 0. The van der Waals surface area contributed by atoms with E-state index in [0.29, 0.717) is 31.2 Å². The average molecular weight is 689 g/mol. The molecule has 51 heavy (non-hydrogen) atoms. The minimum Gasteiger partial charge on any atom is -0.345 e. The van der Waals surface area contributed by atoms with E-state index >= 15 is 0 Å². The normalized spacial score (nSPS) is 17.5. The zero-order valence-corrected chi connectivity index (χ0v) is 29.6. The Bertz CT molecular complexity index is 2070. The molecule has 1 atom stereocenters. The number of benzene rings is 2. The fourth-order valence-electron chi connectivity index (χ4n) is 7.05. The van der Waals surface area contributed by atoms with E-state index in [4.69, 9.17) is 4.52 Å². The number of carbonyl (C=O) groups excluding carboxylic acids is 3. The Hall–Kier alpha value is -5.23. The van der Waals surface area contributed by atoms with Crippen molar-refractivity contribution in [2.45, 2.75) is 83.6 Å². The summed E-state index contributed by atoms with van der Waals surface area (Å²) in [6.07, 6.45) is 7.77. The third kappa shape index (κ3) is 7.61. The smallest absolute Gasteiger partial charge is 0.292 e. The molecule has 0 radical (unpaired) electrons. The van der Waals surface area contributed by atoms with E-state index in [0.717, 1.165) is 72.4 Å². The van der Waals surface area contributed by atoms with Crippen LogP contribution in [0.25, 0.3) is 16.8 Å². The molecular formula is C39H44N8O4. The van der Waals surface area contributed by atoms with Gasteiger partial charge in [-0.25, -0.2) is 9.50 Å². The Balaban J connectivity index is 0.931. The number of imide groups is 1. The highest BCUT2D eigenvalue weighted by atomic mass is 16.5. The number of hydrogen-bond acceptors (Lipinski definition) is 9. The largest absolute Gasteiger partial charge is 0.345 e. The van der Waals surface area contributed by atoms with Gasteiger partial charge in [-0.15, -0.1) is 0 Å². The number of rotatable bonds is 9. The van der Waals surface area contributed by atoms with Crippen LogP contribution in [0.5, 0.6) is 0 Å². The van der Waals surface area contributed by atoms with E-state index in [2.05, 4.69) is 78.4 Å². The van der Waals surface area contributed by atoms with E-state index in [-0.39, 0.29) is 34.9 Å². The molecule has 2 aromatic carbocycles. The van der Waals surface area contributed by atoms with E-state index in [9.17, 15) is 14.4 Å². The van der Waals surface area contributed by atoms with Crippen molar-refractivity contribution in [2.24, 2.45) is 0 Å². The zero-order valence-electron chi connectivity index (χ0n) is 29.6. The van der Waals surface area contributed by atoms with Gasteiger partial charge in [0, 0.05) is 36.7 Å². The predicted octanol–water partition coefficient (Wildman–Crippen LogP) is 5.26. The lowest BCUT2D eigenvalue weighted by molar-refractivity contribution is -0.134. The molecule has 0 saturated carbocycles. The van der Waals surface area contributed by atoms with Crippen molar-refractivity contribution < 1.29 is 18.9 Å². The fourth-order valence-corrected chi connectivity index (χ4v) is 7.05. The third-order valence-electron chi connectivity index (χ3n) is 10.1. The first-order chi connectivity index (χ1) is 24.5. The van der Waals surface area contributed by atoms with Gasteiger partial charge in [-0.05, 0) is 91.6 Å². The second-order valence-electron chi connectivity index (χ2n) is 14.8. The molecule has 2 aliphatic rings. The summed E-state index contributed by atoms with van der Waals surface area (Å²) in [5.74, 6) is -0.0278. The van der Waals surface area contributed by atoms with Crippen LogP contribution in [-0.4, -0.2) is 67.0 Å². The first kappa shape index (κ1) is 34.2. The molecule has 2 aliphatic heterocycles. The SMILES string of the molecule is Cc1cc(-c2ncnn3cc(CCN4CCC(c5ccc(C6CCC(=O)NC6=O)cc5)CC4)cc23)ccc1CNC(=O)c1noc(C(C)(C)C)n1. The second-order valence-corrected chi connectivity index (χ2v) is 14.8. The van der Waals surface area contributed by atoms with Crippen LogP contribution < -0.4 is 10.6 Å². The molecule has 1 unspecified atom stereocenters. The second kappa shape index (κ2) is 14.2. The molecule has 5 heterocycles. The van der Waals surface area contributed by atoms with E-state index in [1.807, 2.05) is 44.3 Å². The first-order valence-corrected chi connectivity index (χ1v) is 17.7. The molecule has 3 aromatic heterocycles.